The van der Waals surface area contributed by atoms with E-state index in [0.29, 0.717) is 0 Å². The minimum Gasteiger partial charge on any atom is -0.497 e. The van der Waals surface area contributed by atoms with Crippen molar-refractivity contribution in [2.45, 2.75) is 6.92 Å². The molecule has 1 fully saturated rings. The zero-order chi connectivity index (χ0) is 19.3. The van der Waals surface area contributed by atoms with Crippen LogP contribution in [0.25, 0.3) is 17.0 Å². The van der Waals surface area contributed by atoms with Gasteiger partial charge in [-0.2, -0.15) is 0 Å². The van der Waals surface area contributed by atoms with Gasteiger partial charge < -0.3 is 9.64 Å². The molecule has 1 aromatic heterocycles. The van der Waals surface area contributed by atoms with E-state index in [9.17, 15) is 0 Å². The van der Waals surface area contributed by atoms with Crippen molar-refractivity contribution >= 4 is 22.8 Å². The van der Waals surface area contributed by atoms with Crippen molar-refractivity contribution in [1.82, 2.24) is 9.88 Å². The fraction of sp³-hybridized carbons (Fsp3) is 0.292. The number of aromatic nitrogens is 1. The standard InChI is InChI=1S/C24H27N3O/c1-19-17-24(25-23-18-21(28-2)10-11-22(19)23)27-15-13-26(14-16-27)12-6-9-20-7-4-3-5-8-20/h3-11,17-18H,12-16H2,1-2H3. The molecule has 0 atom stereocenters. The molecule has 4 rings (SSSR count). The van der Waals surface area contributed by atoms with Crippen molar-refractivity contribution in [3.8, 4) is 5.75 Å². The Morgan fingerprint density at radius 2 is 1.79 bits per heavy atom. The van der Waals surface area contributed by atoms with E-state index in [0.717, 1.165) is 49.8 Å². The van der Waals surface area contributed by atoms with E-state index in [1.54, 1.807) is 7.11 Å². The molecule has 0 radical (unpaired) electrons. The van der Waals surface area contributed by atoms with Crippen molar-refractivity contribution < 1.29 is 4.74 Å². The van der Waals surface area contributed by atoms with Crippen LogP contribution in [-0.2, 0) is 0 Å². The third kappa shape index (κ3) is 4.18. The van der Waals surface area contributed by atoms with Gasteiger partial charge in [-0.15, -0.1) is 0 Å². The first-order valence-corrected chi connectivity index (χ1v) is 9.87. The van der Waals surface area contributed by atoms with Crippen molar-refractivity contribution in [3.63, 3.8) is 0 Å². The Labute approximate surface area is 167 Å². The first-order valence-electron chi connectivity index (χ1n) is 9.87. The highest BCUT2D eigenvalue weighted by Crippen LogP contribution is 2.26. The zero-order valence-electron chi connectivity index (χ0n) is 16.6. The third-order valence-corrected chi connectivity index (χ3v) is 5.38. The SMILES string of the molecule is COc1ccc2c(C)cc(N3CCN(CC=Cc4ccccc4)CC3)nc2c1. The summed E-state index contributed by atoms with van der Waals surface area (Å²) >= 11 is 0. The average Bonchev–Trinajstić information content (AvgIpc) is 2.74. The summed E-state index contributed by atoms with van der Waals surface area (Å²) in [6.07, 6.45) is 4.46. The van der Waals surface area contributed by atoms with Gasteiger partial charge in [0.25, 0.3) is 0 Å². The van der Waals surface area contributed by atoms with Crippen LogP contribution in [0.1, 0.15) is 11.1 Å². The van der Waals surface area contributed by atoms with Gasteiger partial charge in [0.2, 0.25) is 0 Å². The van der Waals surface area contributed by atoms with Crippen LogP contribution in [0.5, 0.6) is 5.75 Å². The number of fused-ring (bicyclic) bond motifs is 1. The number of nitrogens with zero attached hydrogens (tertiary/aromatic N) is 3. The lowest BCUT2D eigenvalue weighted by Crippen LogP contribution is -2.46. The van der Waals surface area contributed by atoms with Crippen molar-refractivity contribution in [2.75, 3.05) is 44.7 Å². The summed E-state index contributed by atoms with van der Waals surface area (Å²) in [6, 6.07) is 18.8. The molecule has 0 aliphatic carbocycles. The molecule has 2 aromatic carbocycles. The molecule has 4 heteroatoms. The number of hydrogen-bond donors (Lipinski definition) is 0. The number of benzene rings is 2. The molecule has 0 spiro atoms. The number of ether oxygens (including phenoxy) is 1. The molecule has 0 saturated carbocycles. The molecule has 0 amide bonds. The van der Waals surface area contributed by atoms with Gasteiger partial charge in [0.1, 0.15) is 11.6 Å². The molecular formula is C24H27N3O. The first kappa shape index (κ1) is 18.5. The number of methoxy groups -OCH3 is 1. The van der Waals surface area contributed by atoms with Crippen LogP contribution in [-0.4, -0.2) is 49.7 Å². The molecule has 0 bridgehead atoms. The van der Waals surface area contributed by atoms with Gasteiger partial charge in [-0.25, -0.2) is 4.98 Å². The second-order valence-electron chi connectivity index (χ2n) is 7.28. The minimum absolute atomic E-state index is 0.853. The number of piperazine rings is 1. The zero-order valence-corrected chi connectivity index (χ0v) is 16.6. The topological polar surface area (TPSA) is 28.6 Å². The number of rotatable bonds is 5. The Morgan fingerprint density at radius 3 is 2.54 bits per heavy atom. The largest absolute Gasteiger partial charge is 0.497 e. The molecule has 0 unspecified atom stereocenters. The molecule has 4 nitrogen and oxygen atoms in total. The lowest BCUT2D eigenvalue weighted by molar-refractivity contribution is 0.284. The van der Waals surface area contributed by atoms with Gasteiger partial charge in [-0.1, -0.05) is 42.5 Å². The summed E-state index contributed by atoms with van der Waals surface area (Å²) in [4.78, 5) is 9.79. The molecule has 1 aliphatic heterocycles. The normalized spacial score (nSPS) is 15.4. The lowest BCUT2D eigenvalue weighted by Gasteiger charge is -2.35. The Balaban J connectivity index is 1.40. The maximum atomic E-state index is 5.36. The monoisotopic (exact) mass is 373 g/mol. The maximum Gasteiger partial charge on any atom is 0.129 e. The lowest BCUT2D eigenvalue weighted by atomic mass is 10.1. The summed E-state index contributed by atoms with van der Waals surface area (Å²) in [7, 11) is 1.70. The van der Waals surface area contributed by atoms with E-state index in [2.05, 4.69) is 71.3 Å². The summed E-state index contributed by atoms with van der Waals surface area (Å²) in [5.41, 5.74) is 3.52. The summed E-state index contributed by atoms with van der Waals surface area (Å²) in [5, 5.41) is 1.19. The Morgan fingerprint density at radius 1 is 1.00 bits per heavy atom. The van der Waals surface area contributed by atoms with E-state index in [1.165, 1.54) is 16.5 Å². The van der Waals surface area contributed by atoms with Gasteiger partial charge in [0.05, 0.1) is 12.6 Å². The number of aryl methyl sites for hydroxylation is 1. The number of pyridine rings is 1. The molecule has 3 aromatic rings. The van der Waals surface area contributed by atoms with Crippen LogP contribution in [0.2, 0.25) is 0 Å². The Hall–Kier alpha value is -2.85. The predicted octanol–water partition coefficient (Wildman–Crippen LogP) is 4.39. The third-order valence-electron chi connectivity index (χ3n) is 5.38. The van der Waals surface area contributed by atoms with E-state index in [1.807, 2.05) is 12.1 Å². The van der Waals surface area contributed by atoms with Gasteiger partial charge >= 0.3 is 0 Å². The first-order chi connectivity index (χ1) is 13.7. The minimum atomic E-state index is 0.853. The van der Waals surface area contributed by atoms with Gasteiger partial charge in [0, 0.05) is 44.2 Å². The van der Waals surface area contributed by atoms with Crippen LogP contribution < -0.4 is 9.64 Å². The van der Waals surface area contributed by atoms with Crippen molar-refractivity contribution in [3.05, 3.63) is 71.8 Å². The maximum absolute atomic E-state index is 5.36. The number of anilines is 1. The molecule has 144 valence electrons. The highest BCUT2D eigenvalue weighted by molar-refractivity contribution is 5.85. The van der Waals surface area contributed by atoms with Crippen molar-refractivity contribution in [2.24, 2.45) is 0 Å². The van der Waals surface area contributed by atoms with Crippen LogP contribution >= 0.6 is 0 Å². The molecule has 1 saturated heterocycles. The number of hydrogen-bond acceptors (Lipinski definition) is 4. The Kier molecular flexibility index (Phi) is 5.58. The van der Waals surface area contributed by atoms with E-state index < -0.39 is 0 Å². The Bertz CT molecular complexity index is 960. The molecule has 28 heavy (non-hydrogen) atoms. The van der Waals surface area contributed by atoms with E-state index in [4.69, 9.17) is 9.72 Å². The van der Waals surface area contributed by atoms with Crippen LogP contribution in [0.15, 0.2) is 60.7 Å². The summed E-state index contributed by atoms with van der Waals surface area (Å²) in [5.74, 6) is 1.92. The van der Waals surface area contributed by atoms with E-state index >= 15 is 0 Å². The fourth-order valence-electron chi connectivity index (χ4n) is 3.72. The molecule has 1 aliphatic rings. The highest BCUT2D eigenvalue weighted by atomic mass is 16.5. The molecule has 0 N–H and O–H groups in total. The quantitative estimate of drug-likeness (QED) is 0.663. The second kappa shape index (κ2) is 8.44. The van der Waals surface area contributed by atoms with E-state index in [-0.39, 0.29) is 0 Å². The summed E-state index contributed by atoms with van der Waals surface area (Å²) in [6.45, 7) is 7.25. The van der Waals surface area contributed by atoms with Gasteiger partial charge in [-0.05, 0) is 36.2 Å². The van der Waals surface area contributed by atoms with Gasteiger partial charge in [-0.3, -0.25) is 4.90 Å². The predicted molar refractivity (Wildman–Crippen MR) is 117 cm³/mol. The molecular weight excluding hydrogens is 346 g/mol. The van der Waals surface area contributed by atoms with Crippen LogP contribution in [0, 0.1) is 6.92 Å². The fourth-order valence-corrected chi connectivity index (χ4v) is 3.72. The van der Waals surface area contributed by atoms with Gasteiger partial charge in [0.15, 0.2) is 0 Å². The van der Waals surface area contributed by atoms with Crippen LogP contribution in [0.4, 0.5) is 5.82 Å². The average molecular weight is 374 g/mol. The smallest absolute Gasteiger partial charge is 0.129 e. The summed E-state index contributed by atoms with van der Waals surface area (Å²) < 4.78 is 5.36. The van der Waals surface area contributed by atoms with Crippen molar-refractivity contribution in [1.29, 1.82) is 0 Å². The molecule has 2 heterocycles. The van der Waals surface area contributed by atoms with Crippen LogP contribution in [0.3, 0.4) is 0 Å². The highest BCUT2D eigenvalue weighted by Gasteiger charge is 2.18. The second-order valence-corrected chi connectivity index (χ2v) is 7.28.